The number of benzene rings is 2. The lowest BCUT2D eigenvalue weighted by Crippen LogP contribution is -2.35. The topological polar surface area (TPSA) is 84.1 Å². The minimum absolute atomic E-state index is 0.160. The van der Waals surface area contributed by atoms with Gasteiger partial charge in [-0.3, -0.25) is 9.59 Å². The van der Waals surface area contributed by atoms with Gasteiger partial charge in [-0.05, 0) is 55.2 Å². The maximum absolute atomic E-state index is 14.2. The van der Waals surface area contributed by atoms with E-state index in [1.54, 1.807) is 33.1 Å². The molecule has 2 aromatic carbocycles. The summed E-state index contributed by atoms with van der Waals surface area (Å²) in [5, 5.41) is 2.68. The fourth-order valence-electron chi connectivity index (χ4n) is 3.82. The summed E-state index contributed by atoms with van der Waals surface area (Å²) in [6, 6.07) is 9.91. The van der Waals surface area contributed by atoms with Crippen molar-refractivity contribution in [2.45, 2.75) is 45.3 Å². The van der Waals surface area contributed by atoms with Crippen molar-refractivity contribution in [3.8, 4) is 5.75 Å². The van der Waals surface area contributed by atoms with Crippen LogP contribution in [0.4, 0.5) is 17.6 Å². The van der Waals surface area contributed by atoms with Gasteiger partial charge in [0, 0.05) is 11.5 Å². The number of hydrogen-bond donors (Lipinski definition) is 2. The number of ether oxygens (including phenoxy) is 1. The van der Waals surface area contributed by atoms with E-state index < -0.39 is 40.5 Å². The van der Waals surface area contributed by atoms with Gasteiger partial charge in [0.15, 0.2) is 0 Å². The molecule has 36 heavy (non-hydrogen) atoms. The Bertz CT molecular complexity index is 1300. The van der Waals surface area contributed by atoms with Gasteiger partial charge in [0.2, 0.25) is 0 Å². The predicted molar refractivity (Wildman–Crippen MR) is 126 cm³/mol. The highest BCUT2D eigenvalue weighted by Crippen LogP contribution is 2.34. The Labute approximate surface area is 205 Å². The molecule has 0 aliphatic carbocycles. The fraction of sp³-hybridized carbons (Fsp3) is 0.346. The minimum Gasteiger partial charge on any atom is -0.497 e. The van der Waals surface area contributed by atoms with Crippen LogP contribution < -0.4 is 15.6 Å². The van der Waals surface area contributed by atoms with E-state index in [1.807, 2.05) is 26.0 Å². The van der Waals surface area contributed by atoms with Crippen molar-refractivity contribution in [2.24, 2.45) is 5.92 Å². The molecule has 10 heteroatoms. The smallest absolute Gasteiger partial charge is 0.419 e. The molecule has 2 N–H and O–H groups in total. The summed E-state index contributed by atoms with van der Waals surface area (Å²) in [6.07, 6.45) is -4.83. The van der Waals surface area contributed by atoms with E-state index in [1.165, 1.54) is 0 Å². The molecule has 0 radical (unpaired) electrons. The fourth-order valence-corrected chi connectivity index (χ4v) is 3.82. The van der Waals surface area contributed by atoms with Crippen molar-refractivity contribution in [2.75, 3.05) is 7.11 Å². The number of H-pyrrole nitrogens is 1. The van der Waals surface area contributed by atoms with Crippen LogP contribution in [-0.4, -0.2) is 23.0 Å². The summed E-state index contributed by atoms with van der Waals surface area (Å²) in [5.74, 6) is -1.55. The number of halogens is 4. The molecule has 0 spiro atoms. The number of rotatable bonds is 7. The lowest BCUT2D eigenvalue weighted by Gasteiger charge is -2.26. The Morgan fingerprint density at radius 3 is 2.22 bits per heavy atom. The first-order valence-electron chi connectivity index (χ1n) is 11.2. The van der Waals surface area contributed by atoms with Crippen molar-refractivity contribution < 1.29 is 27.1 Å². The summed E-state index contributed by atoms with van der Waals surface area (Å²) in [6.45, 7) is 7.11. The predicted octanol–water partition coefficient (Wildman–Crippen LogP) is 5.39. The quantitative estimate of drug-likeness (QED) is 0.422. The molecule has 0 saturated carbocycles. The number of aromatic amines is 1. The first-order valence-corrected chi connectivity index (χ1v) is 11.2. The van der Waals surface area contributed by atoms with Gasteiger partial charge in [-0.1, -0.05) is 32.0 Å². The third-order valence-electron chi connectivity index (χ3n) is 5.99. The molecule has 6 nitrogen and oxygen atoms in total. The van der Waals surface area contributed by atoms with Crippen LogP contribution in [0.1, 0.15) is 66.7 Å². The molecular formula is C26H27F4N3O3. The number of carbonyl (C=O) groups excluding carboxylic acids is 1. The number of amides is 1. The van der Waals surface area contributed by atoms with Crippen LogP contribution in [0, 0.1) is 11.7 Å². The molecule has 3 aromatic rings. The largest absolute Gasteiger partial charge is 0.497 e. The molecule has 0 bridgehead atoms. The van der Waals surface area contributed by atoms with E-state index in [9.17, 15) is 27.2 Å². The lowest BCUT2D eigenvalue weighted by molar-refractivity contribution is -0.140. The molecule has 1 amide bonds. The first kappa shape index (κ1) is 26.9. The molecule has 0 fully saturated rings. The van der Waals surface area contributed by atoms with Gasteiger partial charge in [0.1, 0.15) is 23.1 Å². The Kier molecular flexibility index (Phi) is 7.56. The summed E-state index contributed by atoms with van der Waals surface area (Å²) in [7, 11) is 1.55. The Morgan fingerprint density at radius 2 is 1.69 bits per heavy atom. The van der Waals surface area contributed by atoms with Gasteiger partial charge < -0.3 is 15.0 Å². The third-order valence-corrected chi connectivity index (χ3v) is 5.99. The molecule has 0 unspecified atom stereocenters. The maximum atomic E-state index is 14.2. The maximum Gasteiger partial charge on any atom is 0.419 e. The van der Waals surface area contributed by atoms with E-state index in [4.69, 9.17) is 4.74 Å². The number of hydrogen-bond acceptors (Lipinski definition) is 4. The molecule has 1 aromatic heterocycles. The number of nitrogens with one attached hydrogen (secondary N) is 2. The highest BCUT2D eigenvalue weighted by Gasteiger charge is 2.35. The van der Waals surface area contributed by atoms with Crippen LogP contribution in [0.3, 0.4) is 0 Å². The summed E-state index contributed by atoms with van der Waals surface area (Å²) in [4.78, 5) is 32.5. The lowest BCUT2D eigenvalue weighted by atomic mass is 9.83. The second kappa shape index (κ2) is 10.1. The van der Waals surface area contributed by atoms with Crippen molar-refractivity contribution in [3.63, 3.8) is 0 Å². The van der Waals surface area contributed by atoms with Crippen LogP contribution >= 0.6 is 0 Å². The Morgan fingerprint density at radius 1 is 1.06 bits per heavy atom. The molecular weight excluding hydrogens is 478 g/mol. The van der Waals surface area contributed by atoms with Gasteiger partial charge in [-0.25, -0.2) is 9.37 Å². The highest BCUT2D eigenvalue weighted by atomic mass is 19.4. The number of carbonyl (C=O) groups is 1. The highest BCUT2D eigenvalue weighted by molar-refractivity contribution is 5.92. The zero-order valence-corrected chi connectivity index (χ0v) is 20.5. The van der Waals surface area contributed by atoms with Crippen LogP contribution in [0.25, 0.3) is 0 Å². The van der Waals surface area contributed by atoms with Gasteiger partial charge in [0.05, 0.1) is 18.7 Å². The van der Waals surface area contributed by atoms with Crippen molar-refractivity contribution in [3.05, 3.63) is 92.9 Å². The van der Waals surface area contributed by atoms with Crippen molar-refractivity contribution in [1.82, 2.24) is 15.3 Å². The van der Waals surface area contributed by atoms with E-state index >= 15 is 0 Å². The second-order valence-electron chi connectivity index (χ2n) is 9.26. The number of methoxy groups -OCH3 is 1. The molecule has 1 atom stereocenters. The third kappa shape index (κ3) is 5.75. The normalized spacial score (nSPS) is 12.9. The molecule has 192 valence electrons. The Hall–Kier alpha value is -3.69. The Balaban J connectivity index is 1.93. The molecule has 0 aliphatic rings. The van der Waals surface area contributed by atoms with E-state index in [2.05, 4.69) is 15.3 Å². The van der Waals surface area contributed by atoms with Crippen LogP contribution in [0.5, 0.6) is 5.75 Å². The van der Waals surface area contributed by atoms with Gasteiger partial charge in [-0.2, -0.15) is 13.2 Å². The molecule has 0 aliphatic heterocycles. The number of alkyl halides is 3. The summed E-state index contributed by atoms with van der Waals surface area (Å²) < 4.78 is 58.2. The van der Waals surface area contributed by atoms with Crippen LogP contribution in [0.2, 0.25) is 0 Å². The zero-order chi connectivity index (χ0) is 26.8. The van der Waals surface area contributed by atoms with Crippen LogP contribution in [-0.2, 0) is 11.6 Å². The van der Waals surface area contributed by atoms with Crippen molar-refractivity contribution in [1.29, 1.82) is 0 Å². The average molecular weight is 506 g/mol. The summed E-state index contributed by atoms with van der Waals surface area (Å²) >= 11 is 0. The number of nitrogens with zero attached hydrogens (tertiary/aromatic N) is 1. The monoisotopic (exact) mass is 505 g/mol. The van der Waals surface area contributed by atoms with E-state index in [-0.39, 0.29) is 23.0 Å². The van der Waals surface area contributed by atoms with Gasteiger partial charge in [-0.15, -0.1) is 0 Å². The minimum atomic E-state index is -4.83. The van der Waals surface area contributed by atoms with E-state index in [0.717, 1.165) is 23.8 Å². The molecule has 1 heterocycles. The van der Waals surface area contributed by atoms with Gasteiger partial charge >= 0.3 is 6.18 Å². The van der Waals surface area contributed by atoms with Gasteiger partial charge in [0.25, 0.3) is 11.5 Å². The van der Waals surface area contributed by atoms with Crippen LogP contribution in [0.15, 0.2) is 53.3 Å². The summed E-state index contributed by atoms with van der Waals surface area (Å²) in [5.41, 5.74) is -1.92. The molecule has 0 saturated heterocycles. The number of aromatic nitrogens is 2. The average Bonchev–Trinajstić information content (AvgIpc) is 2.80. The standard InChI is InChI=1S/C26H27F4N3O3/c1-14(2)22(15-6-11-18(19(27)12-15)26(28,29)30)33-23(35)20-13-21(34)32-24(31-20)25(3,4)16-7-9-17(36-5)10-8-16/h6-14,22H,1-5H3,(H,33,35)(H,31,32,34)/t22-/m1/s1. The second-order valence-corrected chi connectivity index (χ2v) is 9.26. The van der Waals surface area contributed by atoms with E-state index in [0.29, 0.717) is 11.8 Å². The zero-order valence-electron chi connectivity index (χ0n) is 20.5. The first-order chi connectivity index (χ1) is 16.7. The SMILES string of the molecule is COc1ccc(C(C)(C)c2nc(C(=O)N[C@@H](c3ccc(C(F)(F)F)c(F)c3)C(C)C)cc(=O)[nH]2)cc1. The van der Waals surface area contributed by atoms with Crippen molar-refractivity contribution >= 4 is 5.91 Å². The molecule has 3 rings (SSSR count).